The molecule has 0 aliphatic rings. The van der Waals surface area contributed by atoms with Crippen LogP contribution in [0.5, 0.6) is 0 Å². The summed E-state index contributed by atoms with van der Waals surface area (Å²) in [7, 11) is 0. The second kappa shape index (κ2) is 16.2. The van der Waals surface area contributed by atoms with Crippen molar-refractivity contribution in [2.45, 2.75) is 0 Å². The highest BCUT2D eigenvalue weighted by Gasteiger charge is 2.22. The Hall–Kier alpha value is -9.24. The Balaban J connectivity index is 0.871. The Bertz CT molecular complexity index is 4350. The minimum atomic E-state index is 0.862. The fraction of sp³-hybridized carbons (Fsp3) is 0. The third kappa shape index (κ3) is 6.64. The standard InChI is InChI=1S/C68H43NO/c1-2-14-48-40-50(27-26-44(48)12-1)53-31-30-51-41-49(28-29-52(51)42-53)45-32-36-55(37-33-45)69(65-43-54-15-4-6-18-59(54)67-64-19-7-8-25-66(64)70-68(65)67)56-38-34-47(35-39-56)58-20-10-23-62-61(58)22-11-24-63(62)60-21-9-16-46-13-3-5-17-57(46)60/h1-43H. The molecule has 0 aliphatic carbocycles. The molecule has 0 fully saturated rings. The maximum Gasteiger partial charge on any atom is 0.160 e. The van der Waals surface area contributed by atoms with Gasteiger partial charge in [-0.3, -0.25) is 0 Å². The molecule has 0 spiro atoms. The number of furan rings is 1. The van der Waals surface area contributed by atoms with E-state index in [0.29, 0.717) is 0 Å². The molecule has 1 aromatic heterocycles. The Morgan fingerprint density at radius 1 is 0.257 bits per heavy atom. The smallest absolute Gasteiger partial charge is 0.160 e. The third-order valence-electron chi connectivity index (χ3n) is 14.4. The molecule has 0 bridgehead atoms. The largest absolute Gasteiger partial charge is 0.454 e. The lowest BCUT2D eigenvalue weighted by atomic mass is 9.91. The summed E-state index contributed by atoms with van der Waals surface area (Å²) in [6, 6.07) is 95.0. The van der Waals surface area contributed by atoms with E-state index in [2.05, 4.69) is 266 Å². The summed E-state index contributed by atoms with van der Waals surface area (Å²) in [5.74, 6) is 0. The van der Waals surface area contributed by atoms with Gasteiger partial charge in [0.05, 0.1) is 5.69 Å². The molecule has 14 rings (SSSR count). The number of benzene rings is 13. The minimum absolute atomic E-state index is 0.862. The maximum atomic E-state index is 6.88. The van der Waals surface area contributed by atoms with E-state index in [-0.39, 0.29) is 0 Å². The van der Waals surface area contributed by atoms with Gasteiger partial charge in [0.25, 0.3) is 0 Å². The molecule has 0 radical (unpaired) electrons. The first-order valence-electron chi connectivity index (χ1n) is 24.1. The van der Waals surface area contributed by atoms with E-state index >= 15 is 0 Å². The second-order valence-corrected chi connectivity index (χ2v) is 18.4. The highest BCUT2D eigenvalue weighted by atomic mass is 16.3. The number of para-hydroxylation sites is 1. The number of fused-ring (bicyclic) bond motifs is 9. The van der Waals surface area contributed by atoms with Crippen LogP contribution in [0.25, 0.3) is 120 Å². The molecule has 0 aliphatic heterocycles. The molecular weight excluding hydrogens is 847 g/mol. The van der Waals surface area contributed by atoms with Crippen LogP contribution in [-0.2, 0) is 0 Å². The zero-order chi connectivity index (χ0) is 46.1. The van der Waals surface area contributed by atoms with E-state index in [4.69, 9.17) is 4.42 Å². The van der Waals surface area contributed by atoms with Crippen LogP contribution in [0.15, 0.2) is 265 Å². The fourth-order valence-electron chi connectivity index (χ4n) is 11.0. The molecule has 0 N–H and O–H groups in total. The van der Waals surface area contributed by atoms with Gasteiger partial charge in [-0.1, -0.05) is 206 Å². The first-order chi connectivity index (χ1) is 34.7. The van der Waals surface area contributed by atoms with Crippen molar-refractivity contribution in [1.82, 2.24) is 0 Å². The molecule has 13 aromatic carbocycles. The van der Waals surface area contributed by atoms with E-state index in [0.717, 1.165) is 55.5 Å². The molecule has 0 unspecified atom stereocenters. The van der Waals surface area contributed by atoms with Crippen LogP contribution < -0.4 is 4.90 Å². The van der Waals surface area contributed by atoms with Gasteiger partial charge in [-0.05, 0) is 153 Å². The average molecular weight is 890 g/mol. The van der Waals surface area contributed by atoms with Gasteiger partial charge in [0.1, 0.15) is 5.58 Å². The van der Waals surface area contributed by atoms with Gasteiger partial charge in [0, 0.05) is 22.1 Å². The molecule has 2 nitrogen and oxygen atoms in total. The molecule has 0 saturated carbocycles. The predicted octanol–water partition coefficient (Wildman–Crippen LogP) is 19.5. The summed E-state index contributed by atoms with van der Waals surface area (Å²) in [6.07, 6.45) is 0. The van der Waals surface area contributed by atoms with Crippen LogP contribution in [0, 0.1) is 0 Å². The number of rotatable bonds is 7. The SMILES string of the molecule is c1ccc2cc(-c3ccc4cc(-c5ccc(N(c6ccc(-c7cccc8c(-c9cccc%10ccccc9%10)cccc78)cc6)c6cc7ccccc7c7c6oc6ccccc67)cc5)ccc4c3)ccc2c1. The van der Waals surface area contributed by atoms with Crippen molar-refractivity contribution < 1.29 is 4.42 Å². The van der Waals surface area contributed by atoms with Gasteiger partial charge in [-0.2, -0.15) is 0 Å². The molecule has 0 amide bonds. The number of anilines is 3. The Labute approximate surface area is 405 Å². The number of nitrogens with zero attached hydrogens (tertiary/aromatic N) is 1. The highest BCUT2D eigenvalue weighted by molar-refractivity contribution is 6.23. The minimum Gasteiger partial charge on any atom is -0.454 e. The monoisotopic (exact) mass is 889 g/mol. The van der Waals surface area contributed by atoms with Gasteiger partial charge in [-0.25, -0.2) is 0 Å². The Kier molecular flexibility index (Phi) is 9.25. The van der Waals surface area contributed by atoms with Crippen molar-refractivity contribution in [3.05, 3.63) is 261 Å². The molecule has 14 aromatic rings. The van der Waals surface area contributed by atoms with Gasteiger partial charge in [0.15, 0.2) is 5.58 Å². The van der Waals surface area contributed by atoms with E-state index < -0.39 is 0 Å². The van der Waals surface area contributed by atoms with Crippen LogP contribution in [0.3, 0.4) is 0 Å². The lowest BCUT2D eigenvalue weighted by Gasteiger charge is -2.26. The first-order valence-corrected chi connectivity index (χ1v) is 24.1. The molecule has 0 atom stereocenters. The summed E-state index contributed by atoms with van der Waals surface area (Å²) in [5, 5.41) is 14.5. The molecule has 1 heterocycles. The highest BCUT2D eigenvalue weighted by Crippen LogP contribution is 2.47. The lowest BCUT2D eigenvalue weighted by Crippen LogP contribution is -2.10. The Morgan fingerprint density at radius 2 is 0.700 bits per heavy atom. The number of hydrogen-bond acceptors (Lipinski definition) is 2. The van der Waals surface area contributed by atoms with Crippen molar-refractivity contribution in [2.75, 3.05) is 4.90 Å². The van der Waals surface area contributed by atoms with Crippen LogP contribution in [-0.4, -0.2) is 0 Å². The van der Waals surface area contributed by atoms with Crippen molar-refractivity contribution >= 4 is 92.9 Å². The lowest BCUT2D eigenvalue weighted by molar-refractivity contribution is 0.669. The number of hydrogen-bond donors (Lipinski definition) is 0. The summed E-state index contributed by atoms with van der Waals surface area (Å²) in [5.41, 5.74) is 14.4. The van der Waals surface area contributed by atoms with Crippen LogP contribution in [0.1, 0.15) is 0 Å². The molecule has 2 heteroatoms. The van der Waals surface area contributed by atoms with Crippen molar-refractivity contribution in [3.8, 4) is 44.5 Å². The third-order valence-corrected chi connectivity index (χ3v) is 14.4. The van der Waals surface area contributed by atoms with Gasteiger partial charge >= 0.3 is 0 Å². The predicted molar refractivity (Wildman–Crippen MR) is 298 cm³/mol. The average Bonchev–Trinajstić information content (AvgIpc) is 3.83. The van der Waals surface area contributed by atoms with Gasteiger partial charge < -0.3 is 9.32 Å². The summed E-state index contributed by atoms with van der Waals surface area (Å²) in [6.45, 7) is 0. The summed E-state index contributed by atoms with van der Waals surface area (Å²) < 4.78 is 6.88. The zero-order valence-electron chi connectivity index (χ0n) is 38.2. The van der Waals surface area contributed by atoms with E-state index in [1.54, 1.807) is 0 Å². The quantitative estimate of drug-likeness (QED) is 0.159. The molecule has 326 valence electrons. The maximum absolute atomic E-state index is 6.88. The van der Waals surface area contributed by atoms with E-state index in [1.165, 1.54) is 81.9 Å². The molecular formula is C68H43NO. The van der Waals surface area contributed by atoms with Crippen LogP contribution in [0.2, 0.25) is 0 Å². The van der Waals surface area contributed by atoms with Crippen molar-refractivity contribution in [3.63, 3.8) is 0 Å². The molecule has 70 heavy (non-hydrogen) atoms. The van der Waals surface area contributed by atoms with E-state index in [1.807, 2.05) is 0 Å². The van der Waals surface area contributed by atoms with Crippen molar-refractivity contribution in [1.29, 1.82) is 0 Å². The Morgan fingerprint density at radius 3 is 1.40 bits per heavy atom. The van der Waals surface area contributed by atoms with Gasteiger partial charge in [0.2, 0.25) is 0 Å². The van der Waals surface area contributed by atoms with Crippen molar-refractivity contribution in [2.24, 2.45) is 0 Å². The second-order valence-electron chi connectivity index (χ2n) is 18.4. The zero-order valence-corrected chi connectivity index (χ0v) is 38.2. The van der Waals surface area contributed by atoms with Crippen LogP contribution >= 0.6 is 0 Å². The van der Waals surface area contributed by atoms with Gasteiger partial charge in [-0.15, -0.1) is 0 Å². The first kappa shape index (κ1) is 39.9. The summed E-state index contributed by atoms with van der Waals surface area (Å²) >= 11 is 0. The summed E-state index contributed by atoms with van der Waals surface area (Å²) in [4.78, 5) is 2.36. The topological polar surface area (TPSA) is 16.4 Å². The normalized spacial score (nSPS) is 11.7. The van der Waals surface area contributed by atoms with E-state index in [9.17, 15) is 0 Å². The van der Waals surface area contributed by atoms with Crippen LogP contribution in [0.4, 0.5) is 17.1 Å². The molecule has 0 saturated heterocycles. The fourth-order valence-corrected chi connectivity index (χ4v) is 11.0.